The summed E-state index contributed by atoms with van der Waals surface area (Å²) in [5.74, 6) is 0.412. The van der Waals surface area contributed by atoms with Crippen LogP contribution in [0.5, 0.6) is 5.75 Å². The Kier molecular flexibility index (Phi) is 4.60. The maximum atomic E-state index is 10.4. The van der Waals surface area contributed by atoms with Crippen molar-refractivity contribution in [3.05, 3.63) is 29.8 Å². The zero-order chi connectivity index (χ0) is 18.6. The average molecular weight is 365 g/mol. The minimum absolute atomic E-state index is 0.104. The predicted molar refractivity (Wildman–Crippen MR) is 101 cm³/mol. The van der Waals surface area contributed by atoms with E-state index in [2.05, 4.69) is 46.0 Å². The van der Waals surface area contributed by atoms with Crippen LogP contribution in [-0.4, -0.2) is 37.5 Å². The fourth-order valence-electron chi connectivity index (χ4n) is 3.54. The van der Waals surface area contributed by atoms with Crippen LogP contribution in [0.3, 0.4) is 0 Å². The van der Waals surface area contributed by atoms with E-state index in [1.807, 2.05) is 26.0 Å². The molecule has 1 aromatic rings. The van der Waals surface area contributed by atoms with E-state index in [0.29, 0.717) is 6.42 Å². The van der Waals surface area contributed by atoms with Gasteiger partial charge in [0.15, 0.2) is 5.79 Å². The molecule has 1 heterocycles. The first-order valence-corrected chi connectivity index (χ1v) is 12.1. The molecular formula is C20H32O4Si. The highest BCUT2D eigenvalue weighted by molar-refractivity contribution is 6.74. The molecule has 0 amide bonds. The molecule has 1 aliphatic carbocycles. The quantitative estimate of drug-likeness (QED) is 0.806. The lowest BCUT2D eigenvalue weighted by atomic mass is 9.95. The average Bonchev–Trinajstić information content (AvgIpc) is 2.92. The summed E-state index contributed by atoms with van der Waals surface area (Å²) in [7, 11) is -1.88. The molecule has 1 N–H and O–H groups in total. The van der Waals surface area contributed by atoms with E-state index in [-0.39, 0.29) is 23.2 Å². The molecule has 1 saturated carbocycles. The number of fused-ring (bicyclic) bond motifs is 1. The summed E-state index contributed by atoms with van der Waals surface area (Å²) in [4.78, 5) is 0. The first-order valence-electron chi connectivity index (χ1n) is 9.22. The van der Waals surface area contributed by atoms with Crippen molar-refractivity contribution in [1.82, 2.24) is 0 Å². The van der Waals surface area contributed by atoms with Crippen LogP contribution in [0.25, 0.3) is 0 Å². The Morgan fingerprint density at radius 1 is 1.16 bits per heavy atom. The van der Waals surface area contributed by atoms with Gasteiger partial charge in [0, 0.05) is 5.92 Å². The largest absolute Gasteiger partial charge is 0.543 e. The minimum Gasteiger partial charge on any atom is -0.543 e. The Morgan fingerprint density at radius 3 is 2.44 bits per heavy atom. The van der Waals surface area contributed by atoms with Crippen LogP contribution in [0, 0.1) is 0 Å². The van der Waals surface area contributed by atoms with E-state index in [1.165, 1.54) is 0 Å². The third-order valence-electron chi connectivity index (χ3n) is 5.90. The molecule has 0 aromatic heterocycles. The van der Waals surface area contributed by atoms with Crippen LogP contribution in [0.4, 0.5) is 0 Å². The van der Waals surface area contributed by atoms with Gasteiger partial charge in [0.1, 0.15) is 11.9 Å². The second kappa shape index (κ2) is 6.08. The summed E-state index contributed by atoms with van der Waals surface area (Å²) in [6, 6.07) is 8.29. The van der Waals surface area contributed by atoms with E-state index in [1.54, 1.807) is 0 Å². The monoisotopic (exact) mass is 364 g/mol. The number of hydrogen-bond acceptors (Lipinski definition) is 4. The van der Waals surface area contributed by atoms with Crippen molar-refractivity contribution in [2.75, 3.05) is 0 Å². The molecule has 0 spiro atoms. The summed E-state index contributed by atoms with van der Waals surface area (Å²) in [5, 5.41) is 10.6. The SMILES string of the molecule is CC1(C)O[C@@H]2[C@H](O1)[C@@H](c1cccc(O[Si](C)(C)C(C)(C)C)c1)C[C@@H]2O. The van der Waals surface area contributed by atoms with E-state index < -0.39 is 20.2 Å². The Bertz CT molecular complexity index is 635. The lowest BCUT2D eigenvalue weighted by Gasteiger charge is -2.36. The van der Waals surface area contributed by atoms with Gasteiger partial charge in [0.25, 0.3) is 0 Å². The lowest BCUT2D eigenvalue weighted by Crippen LogP contribution is -2.43. The maximum Gasteiger partial charge on any atom is 0.250 e. The predicted octanol–water partition coefficient (Wildman–Crippen LogP) is 4.44. The normalized spacial score (nSPS) is 31.8. The summed E-state index contributed by atoms with van der Waals surface area (Å²) in [5.41, 5.74) is 1.16. The molecule has 4 atom stereocenters. The van der Waals surface area contributed by atoms with Gasteiger partial charge in [-0.3, -0.25) is 0 Å². The van der Waals surface area contributed by atoms with Gasteiger partial charge in [0.05, 0.1) is 12.2 Å². The molecule has 25 heavy (non-hydrogen) atoms. The number of rotatable bonds is 3. The third-order valence-corrected chi connectivity index (χ3v) is 10.3. The van der Waals surface area contributed by atoms with Gasteiger partial charge in [-0.05, 0) is 56.1 Å². The molecule has 0 unspecified atom stereocenters. The molecule has 1 aromatic carbocycles. The zero-order valence-electron chi connectivity index (χ0n) is 16.5. The van der Waals surface area contributed by atoms with Crippen LogP contribution in [0.15, 0.2) is 24.3 Å². The van der Waals surface area contributed by atoms with Gasteiger partial charge in [-0.25, -0.2) is 0 Å². The highest BCUT2D eigenvalue weighted by Gasteiger charge is 2.54. The number of aliphatic hydroxyl groups excluding tert-OH is 1. The van der Waals surface area contributed by atoms with Crippen LogP contribution in [-0.2, 0) is 9.47 Å². The molecular weight excluding hydrogens is 332 g/mol. The van der Waals surface area contributed by atoms with Crippen molar-refractivity contribution < 1.29 is 19.0 Å². The van der Waals surface area contributed by atoms with E-state index in [0.717, 1.165) is 11.3 Å². The molecule has 0 radical (unpaired) electrons. The smallest absolute Gasteiger partial charge is 0.250 e. The van der Waals surface area contributed by atoms with Crippen molar-refractivity contribution in [1.29, 1.82) is 0 Å². The number of ether oxygens (including phenoxy) is 2. The Labute approximate surface area is 152 Å². The second-order valence-electron chi connectivity index (χ2n) is 9.41. The number of hydrogen-bond donors (Lipinski definition) is 1. The highest BCUT2D eigenvalue weighted by Crippen LogP contribution is 2.47. The van der Waals surface area contributed by atoms with Gasteiger partial charge in [0.2, 0.25) is 8.32 Å². The van der Waals surface area contributed by atoms with E-state index in [9.17, 15) is 5.11 Å². The standard InChI is InChI=1S/C20H32O4Si/c1-19(2,3)25(6,7)24-14-10-8-9-13(11-14)15-12-16(21)18-17(15)22-20(4,5)23-18/h8-11,15-18,21H,12H2,1-7H3/t15-,16+,17-,18+/m1/s1. The minimum atomic E-state index is -1.88. The van der Waals surface area contributed by atoms with Crippen LogP contribution in [0.2, 0.25) is 18.1 Å². The molecule has 5 heteroatoms. The molecule has 140 valence electrons. The van der Waals surface area contributed by atoms with Crippen LogP contribution >= 0.6 is 0 Å². The van der Waals surface area contributed by atoms with Gasteiger partial charge >= 0.3 is 0 Å². The number of benzene rings is 1. The first-order chi connectivity index (χ1) is 11.4. The topological polar surface area (TPSA) is 47.9 Å². The van der Waals surface area contributed by atoms with Crippen molar-refractivity contribution in [3.63, 3.8) is 0 Å². The van der Waals surface area contributed by atoms with Gasteiger partial charge in [-0.2, -0.15) is 0 Å². The van der Waals surface area contributed by atoms with Crippen molar-refractivity contribution >= 4 is 8.32 Å². The summed E-state index contributed by atoms with van der Waals surface area (Å²) < 4.78 is 18.4. The fraction of sp³-hybridized carbons (Fsp3) is 0.700. The van der Waals surface area contributed by atoms with E-state index in [4.69, 9.17) is 13.9 Å². The van der Waals surface area contributed by atoms with Crippen molar-refractivity contribution in [2.45, 2.75) is 89.2 Å². The molecule has 1 saturated heterocycles. The Morgan fingerprint density at radius 2 is 1.80 bits per heavy atom. The molecule has 4 nitrogen and oxygen atoms in total. The van der Waals surface area contributed by atoms with Crippen LogP contribution < -0.4 is 4.43 Å². The molecule has 0 bridgehead atoms. The number of aliphatic hydroxyl groups is 1. The van der Waals surface area contributed by atoms with Crippen LogP contribution in [0.1, 0.15) is 52.5 Å². The summed E-state index contributed by atoms with van der Waals surface area (Å²) in [6.45, 7) is 15.1. The lowest BCUT2D eigenvalue weighted by molar-refractivity contribution is -0.163. The van der Waals surface area contributed by atoms with Gasteiger partial charge < -0.3 is 19.0 Å². The Hall–Kier alpha value is -0.883. The zero-order valence-corrected chi connectivity index (χ0v) is 17.5. The second-order valence-corrected chi connectivity index (χ2v) is 14.1. The Balaban J connectivity index is 1.83. The van der Waals surface area contributed by atoms with Crippen molar-refractivity contribution in [2.24, 2.45) is 0 Å². The summed E-state index contributed by atoms with van der Waals surface area (Å²) >= 11 is 0. The molecule has 2 aliphatic rings. The van der Waals surface area contributed by atoms with Gasteiger partial charge in [-0.15, -0.1) is 0 Å². The molecule has 3 rings (SSSR count). The molecule has 1 aliphatic heterocycles. The third kappa shape index (κ3) is 3.65. The summed E-state index contributed by atoms with van der Waals surface area (Å²) in [6.07, 6.45) is -0.172. The van der Waals surface area contributed by atoms with Gasteiger partial charge in [-0.1, -0.05) is 32.9 Å². The van der Waals surface area contributed by atoms with E-state index >= 15 is 0 Å². The fourth-order valence-corrected chi connectivity index (χ4v) is 4.56. The molecule has 2 fully saturated rings. The van der Waals surface area contributed by atoms with Crippen molar-refractivity contribution in [3.8, 4) is 5.75 Å². The first kappa shape index (κ1) is 18.9. The maximum absolute atomic E-state index is 10.4. The highest BCUT2D eigenvalue weighted by atomic mass is 28.4.